The van der Waals surface area contributed by atoms with Crippen molar-refractivity contribution in [2.75, 3.05) is 62.6 Å². The van der Waals surface area contributed by atoms with E-state index in [1.54, 1.807) is 58.7 Å². The van der Waals surface area contributed by atoms with Crippen molar-refractivity contribution in [3.05, 3.63) is 156 Å². The molecule has 0 spiro atoms. The summed E-state index contributed by atoms with van der Waals surface area (Å²) >= 11 is 0. The van der Waals surface area contributed by atoms with Crippen LogP contribution in [0.2, 0.25) is 0 Å². The fourth-order valence-corrected chi connectivity index (χ4v) is 9.92. The summed E-state index contributed by atoms with van der Waals surface area (Å²) in [5.74, 6) is -1.20. The van der Waals surface area contributed by atoms with Crippen molar-refractivity contribution in [2.45, 2.75) is 30.7 Å². The first kappa shape index (κ1) is 44.7. The van der Waals surface area contributed by atoms with Crippen LogP contribution in [0.5, 0.6) is 34.5 Å². The van der Waals surface area contributed by atoms with Crippen LogP contribution in [0.3, 0.4) is 0 Å². The predicted octanol–water partition coefficient (Wildman–Crippen LogP) is 7.43. The molecule has 16 heteroatoms. The second kappa shape index (κ2) is 18.2. The summed E-state index contributed by atoms with van der Waals surface area (Å²) in [6.07, 6.45) is -1.70. The molecule has 69 heavy (non-hydrogen) atoms. The number of methoxy groups -OCH3 is 6. The molecule has 10 rings (SSSR count). The van der Waals surface area contributed by atoms with E-state index in [4.69, 9.17) is 38.1 Å². The first-order valence-electron chi connectivity index (χ1n) is 22.2. The summed E-state index contributed by atoms with van der Waals surface area (Å²) in [6.45, 7) is 0. The summed E-state index contributed by atoms with van der Waals surface area (Å²) < 4.78 is 33.7. The van der Waals surface area contributed by atoms with Crippen molar-refractivity contribution in [1.29, 1.82) is 0 Å². The van der Waals surface area contributed by atoms with Gasteiger partial charge in [0.15, 0.2) is 35.2 Å². The number of anilines is 4. The fraction of sp³-hybridized carbons (Fsp3) is 0.245. The minimum Gasteiger partial charge on any atom is -0.493 e. The highest BCUT2D eigenvalue weighted by atomic mass is 16.7. The van der Waals surface area contributed by atoms with E-state index in [1.807, 2.05) is 84.9 Å². The highest BCUT2D eigenvalue weighted by Gasteiger charge is 2.62. The zero-order chi connectivity index (χ0) is 48.1. The summed E-state index contributed by atoms with van der Waals surface area (Å²) in [5.41, 5.74) is 5.22. The lowest BCUT2D eigenvalue weighted by molar-refractivity contribution is -0.127. The molecule has 6 aromatic carbocycles. The Labute approximate surface area is 397 Å². The first-order valence-corrected chi connectivity index (χ1v) is 22.2. The summed E-state index contributed by atoms with van der Waals surface area (Å²) in [7, 11) is 9.10. The van der Waals surface area contributed by atoms with Gasteiger partial charge >= 0.3 is 0 Å². The molecule has 6 atom stereocenters. The number of rotatable bonds is 14. The minimum atomic E-state index is -1.09. The molecule has 352 valence electrons. The van der Waals surface area contributed by atoms with Crippen LogP contribution in [0.1, 0.15) is 34.3 Å². The molecule has 4 heterocycles. The molecule has 4 aliphatic rings. The quantitative estimate of drug-likeness (QED) is 0.0995. The van der Waals surface area contributed by atoms with Gasteiger partial charge in [-0.2, -0.15) is 0 Å². The number of hydrogen-bond acceptors (Lipinski definition) is 14. The van der Waals surface area contributed by atoms with Crippen molar-refractivity contribution < 1.29 is 57.3 Å². The highest BCUT2D eigenvalue weighted by Crippen LogP contribution is 2.52. The van der Waals surface area contributed by atoms with Crippen LogP contribution in [0.25, 0.3) is 0 Å². The van der Waals surface area contributed by atoms with Crippen molar-refractivity contribution >= 4 is 46.4 Å². The standard InChI is InChI=1S/C53H48N4O12/c1-62-38-26-32(27-39(63-2)46(38)66-5)44-42-48(68-56(44)36-13-9-7-10-14-36)52(60)54(50(42)58)34-21-17-30(18-22-34)25-31-19-23-35(24-20-31)55-51(59)43-45(33-28-40(64-3)47(67-6)41(29-33)65-4)57(69-49(43)53(55)61)37-15-11-8-12-16-37/h7-24,26-29,42-45,48-49H,25H2,1-6H3. The molecule has 4 aliphatic heterocycles. The van der Waals surface area contributed by atoms with Crippen LogP contribution in [0.4, 0.5) is 22.7 Å². The van der Waals surface area contributed by atoms with Crippen LogP contribution >= 0.6 is 0 Å². The Morgan fingerprint density at radius 2 is 0.739 bits per heavy atom. The smallest absolute Gasteiger partial charge is 0.266 e. The van der Waals surface area contributed by atoms with Crippen LogP contribution in [0, 0.1) is 11.8 Å². The molecule has 16 nitrogen and oxygen atoms in total. The van der Waals surface area contributed by atoms with Gasteiger partial charge in [0.1, 0.15) is 11.8 Å². The number of amides is 4. The third kappa shape index (κ3) is 7.48. The molecule has 6 unspecified atom stereocenters. The lowest BCUT2D eigenvalue weighted by Gasteiger charge is -2.29. The van der Waals surface area contributed by atoms with Gasteiger partial charge in [-0.15, -0.1) is 0 Å². The van der Waals surface area contributed by atoms with E-state index >= 15 is 0 Å². The number of benzene rings is 6. The van der Waals surface area contributed by atoms with E-state index in [-0.39, 0.29) is 0 Å². The monoisotopic (exact) mass is 932 g/mol. The van der Waals surface area contributed by atoms with Gasteiger partial charge < -0.3 is 28.4 Å². The lowest BCUT2D eigenvalue weighted by Crippen LogP contribution is -2.37. The summed E-state index contributed by atoms with van der Waals surface area (Å²) in [5, 5.41) is 3.22. The second-order valence-corrected chi connectivity index (χ2v) is 16.8. The number of imide groups is 2. The van der Waals surface area contributed by atoms with E-state index in [2.05, 4.69) is 0 Å². The van der Waals surface area contributed by atoms with Crippen molar-refractivity contribution in [3.63, 3.8) is 0 Å². The molecule has 0 aromatic heterocycles. The van der Waals surface area contributed by atoms with Crippen LogP contribution in [-0.4, -0.2) is 78.5 Å². The molecule has 6 aromatic rings. The number of hydroxylamine groups is 2. The van der Waals surface area contributed by atoms with E-state index < -0.39 is 59.8 Å². The molecule has 4 amide bonds. The molecule has 0 aliphatic carbocycles. The zero-order valence-electron chi connectivity index (χ0n) is 38.6. The normalized spacial score (nSPS) is 21.7. The average Bonchev–Trinajstić information content (AvgIpc) is 4.12. The van der Waals surface area contributed by atoms with E-state index in [0.717, 1.165) is 11.1 Å². The third-order valence-electron chi connectivity index (χ3n) is 13.1. The minimum absolute atomic E-state index is 0.394. The molecule has 0 saturated carbocycles. The maximum absolute atomic E-state index is 14.5. The summed E-state index contributed by atoms with van der Waals surface area (Å²) in [4.78, 5) is 72.5. The van der Waals surface area contributed by atoms with Crippen LogP contribution < -0.4 is 48.3 Å². The highest BCUT2D eigenvalue weighted by molar-refractivity contribution is 6.24. The van der Waals surface area contributed by atoms with Gasteiger partial charge in [-0.3, -0.25) is 28.9 Å². The Balaban J connectivity index is 0.874. The topological polar surface area (TPSA) is 155 Å². The maximum atomic E-state index is 14.5. The maximum Gasteiger partial charge on any atom is 0.266 e. The van der Waals surface area contributed by atoms with Crippen molar-refractivity contribution in [1.82, 2.24) is 0 Å². The molecular formula is C53H48N4O12. The Morgan fingerprint density at radius 3 is 1.04 bits per heavy atom. The van der Waals surface area contributed by atoms with Gasteiger partial charge in [-0.05, 0) is 101 Å². The van der Waals surface area contributed by atoms with Gasteiger partial charge in [0.2, 0.25) is 23.3 Å². The number of carbonyl (C=O) groups excluding carboxylic acids is 4. The van der Waals surface area contributed by atoms with Gasteiger partial charge in [-0.1, -0.05) is 60.7 Å². The van der Waals surface area contributed by atoms with E-state index in [0.29, 0.717) is 74.8 Å². The molecule has 0 bridgehead atoms. The van der Waals surface area contributed by atoms with Crippen LogP contribution in [-0.2, 0) is 35.3 Å². The number of carbonyl (C=O) groups is 4. The first-order chi connectivity index (χ1) is 33.6. The molecular weight excluding hydrogens is 885 g/mol. The lowest BCUT2D eigenvalue weighted by atomic mass is 9.90. The average molecular weight is 933 g/mol. The Morgan fingerprint density at radius 1 is 0.406 bits per heavy atom. The zero-order valence-corrected chi connectivity index (χ0v) is 38.6. The van der Waals surface area contributed by atoms with Crippen molar-refractivity contribution in [2.24, 2.45) is 11.8 Å². The van der Waals surface area contributed by atoms with Crippen molar-refractivity contribution in [3.8, 4) is 34.5 Å². The molecule has 0 N–H and O–H groups in total. The van der Waals surface area contributed by atoms with E-state index in [9.17, 15) is 19.2 Å². The van der Waals surface area contributed by atoms with Gasteiger partial charge in [0.25, 0.3) is 11.8 Å². The predicted molar refractivity (Wildman–Crippen MR) is 253 cm³/mol. The molecule has 4 saturated heterocycles. The number of ether oxygens (including phenoxy) is 6. The fourth-order valence-electron chi connectivity index (χ4n) is 9.92. The number of fused-ring (bicyclic) bond motifs is 2. The van der Waals surface area contributed by atoms with Gasteiger partial charge in [0, 0.05) is 0 Å². The second-order valence-electron chi connectivity index (χ2n) is 16.8. The molecule has 0 radical (unpaired) electrons. The Bertz CT molecular complexity index is 2690. The van der Waals surface area contributed by atoms with Gasteiger partial charge in [-0.25, -0.2) is 19.9 Å². The number of para-hydroxylation sites is 2. The molecule has 4 fully saturated rings. The van der Waals surface area contributed by atoms with Gasteiger partial charge in [0.05, 0.1) is 77.5 Å². The number of nitrogens with zero attached hydrogens (tertiary/aromatic N) is 4. The van der Waals surface area contributed by atoms with E-state index in [1.165, 1.54) is 52.5 Å². The largest absolute Gasteiger partial charge is 0.493 e. The summed E-state index contributed by atoms with van der Waals surface area (Å²) in [6, 6.07) is 38.6. The SMILES string of the molecule is COc1cc(C2C3C(=O)N(c4ccc(Cc5ccc(N6C(=O)C7ON(c8ccccc8)C(c8cc(OC)c(OC)c(OC)c8)C7C6=O)cc5)cc4)C(=O)C3ON2c2ccccc2)cc(OC)c1OC. The number of hydrogen-bond donors (Lipinski definition) is 0. The van der Waals surface area contributed by atoms with Crippen LogP contribution in [0.15, 0.2) is 133 Å². The Kier molecular flexibility index (Phi) is 11.8. The third-order valence-corrected chi connectivity index (χ3v) is 13.1. The Hall–Kier alpha value is -8.08.